The summed E-state index contributed by atoms with van der Waals surface area (Å²) in [5, 5.41) is 12.8. The fourth-order valence-electron chi connectivity index (χ4n) is 2.68. The first-order chi connectivity index (χ1) is 12.6. The molecule has 1 aromatic carbocycles. The third-order valence-electron chi connectivity index (χ3n) is 4.03. The van der Waals surface area contributed by atoms with Crippen molar-refractivity contribution >= 4 is 11.6 Å². The maximum absolute atomic E-state index is 12.2. The third-order valence-corrected chi connectivity index (χ3v) is 4.03. The minimum atomic E-state index is -0.548. The monoisotopic (exact) mass is 356 g/mol. The number of esters is 1. The molecule has 0 atom stereocenters. The van der Waals surface area contributed by atoms with Gasteiger partial charge in [-0.2, -0.15) is 5.10 Å². The van der Waals surface area contributed by atoms with Gasteiger partial charge in [-0.3, -0.25) is 0 Å². The lowest BCUT2D eigenvalue weighted by Gasteiger charge is -2.07. The lowest BCUT2D eigenvalue weighted by atomic mass is 10.1. The normalized spacial score (nSPS) is 10.9. The van der Waals surface area contributed by atoms with Crippen LogP contribution in [0.5, 0.6) is 5.75 Å². The number of ether oxygens (including phenoxy) is 3. The first-order valence-corrected chi connectivity index (χ1v) is 8.10. The van der Waals surface area contributed by atoms with Gasteiger partial charge in [0.2, 0.25) is 0 Å². The van der Waals surface area contributed by atoms with Crippen molar-refractivity contribution in [2.75, 3.05) is 27.4 Å². The van der Waals surface area contributed by atoms with Crippen LogP contribution in [0.4, 0.5) is 0 Å². The number of hydrogen-bond donors (Lipinski definition) is 0. The number of methoxy groups -OCH3 is 2. The van der Waals surface area contributed by atoms with E-state index in [9.17, 15) is 4.79 Å². The summed E-state index contributed by atoms with van der Waals surface area (Å²) in [6, 6.07) is 7.62. The van der Waals surface area contributed by atoms with Gasteiger partial charge in [-0.25, -0.2) is 9.31 Å². The second-order valence-electron chi connectivity index (χ2n) is 5.69. The van der Waals surface area contributed by atoms with Gasteiger partial charge in [0.05, 0.1) is 30.7 Å². The van der Waals surface area contributed by atoms with E-state index >= 15 is 0 Å². The number of rotatable bonds is 6. The standard InChI is InChI=1S/C18H20N4O4/c1-11-15(13-5-7-14(25-4)8-6-13)17-20-19-16(12(2)22(17)21-11)18(23)26-10-9-24-3/h5-8H,9-10H2,1-4H3. The van der Waals surface area contributed by atoms with Crippen molar-refractivity contribution in [3.05, 3.63) is 41.3 Å². The van der Waals surface area contributed by atoms with Crippen molar-refractivity contribution in [2.24, 2.45) is 0 Å². The summed E-state index contributed by atoms with van der Waals surface area (Å²) in [5.41, 5.74) is 3.89. The molecule has 0 N–H and O–H groups in total. The summed E-state index contributed by atoms with van der Waals surface area (Å²) in [6.07, 6.45) is 0. The van der Waals surface area contributed by atoms with E-state index in [1.807, 2.05) is 31.2 Å². The van der Waals surface area contributed by atoms with E-state index < -0.39 is 5.97 Å². The van der Waals surface area contributed by atoms with Gasteiger partial charge in [-0.1, -0.05) is 12.1 Å². The predicted molar refractivity (Wildman–Crippen MR) is 94.4 cm³/mol. The smallest absolute Gasteiger partial charge is 0.360 e. The molecule has 8 nitrogen and oxygen atoms in total. The number of carbonyl (C=O) groups is 1. The van der Waals surface area contributed by atoms with Crippen LogP contribution in [-0.4, -0.2) is 53.2 Å². The Kier molecular flexibility index (Phi) is 5.13. The van der Waals surface area contributed by atoms with Gasteiger partial charge in [-0.15, -0.1) is 10.2 Å². The minimum Gasteiger partial charge on any atom is -0.497 e. The minimum absolute atomic E-state index is 0.136. The summed E-state index contributed by atoms with van der Waals surface area (Å²) >= 11 is 0. The summed E-state index contributed by atoms with van der Waals surface area (Å²) < 4.78 is 16.8. The summed E-state index contributed by atoms with van der Waals surface area (Å²) in [6.45, 7) is 4.13. The predicted octanol–water partition coefficient (Wildman–Crippen LogP) is 2.22. The molecular formula is C18H20N4O4. The zero-order valence-electron chi connectivity index (χ0n) is 15.1. The van der Waals surface area contributed by atoms with Crippen molar-refractivity contribution in [1.29, 1.82) is 0 Å². The van der Waals surface area contributed by atoms with Gasteiger partial charge >= 0.3 is 5.97 Å². The highest BCUT2D eigenvalue weighted by Crippen LogP contribution is 2.29. The molecule has 0 aliphatic rings. The molecule has 8 heteroatoms. The van der Waals surface area contributed by atoms with Gasteiger partial charge in [0.15, 0.2) is 11.3 Å². The first kappa shape index (κ1) is 17.8. The topological polar surface area (TPSA) is 87.8 Å². The van der Waals surface area contributed by atoms with Crippen LogP contribution >= 0.6 is 0 Å². The molecule has 3 rings (SSSR count). The highest BCUT2D eigenvalue weighted by atomic mass is 16.6. The Labute approximate surface area is 150 Å². The Hall–Kier alpha value is -3.00. The van der Waals surface area contributed by atoms with E-state index in [1.165, 1.54) is 7.11 Å². The van der Waals surface area contributed by atoms with Crippen LogP contribution in [0.2, 0.25) is 0 Å². The van der Waals surface area contributed by atoms with Crippen LogP contribution in [0, 0.1) is 13.8 Å². The molecule has 0 radical (unpaired) electrons. The molecular weight excluding hydrogens is 336 g/mol. The van der Waals surface area contributed by atoms with Gasteiger partial charge in [0.25, 0.3) is 0 Å². The Morgan fingerprint density at radius 3 is 2.46 bits per heavy atom. The molecule has 0 saturated heterocycles. The molecule has 3 aromatic rings. The number of benzene rings is 1. The second-order valence-corrected chi connectivity index (χ2v) is 5.69. The summed E-state index contributed by atoms with van der Waals surface area (Å²) in [4.78, 5) is 12.2. The number of fused-ring (bicyclic) bond motifs is 1. The van der Waals surface area contributed by atoms with E-state index in [2.05, 4.69) is 15.3 Å². The molecule has 136 valence electrons. The summed E-state index contributed by atoms with van der Waals surface area (Å²) in [5.74, 6) is 0.222. The molecule has 0 unspecified atom stereocenters. The Morgan fingerprint density at radius 2 is 1.81 bits per heavy atom. The highest BCUT2D eigenvalue weighted by Gasteiger charge is 2.21. The summed E-state index contributed by atoms with van der Waals surface area (Å²) in [7, 11) is 3.16. The number of nitrogens with zero attached hydrogens (tertiary/aromatic N) is 4. The number of hydrogen-bond acceptors (Lipinski definition) is 7. The maximum atomic E-state index is 12.2. The van der Waals surface area contributed by atoms with Crippen LogP contribution in [0.1, 0.15) is 21.9 Å². The number of carbonyl (C=O) groups excluding carboxylic acids is 1. The van der Waals surface area contributed by atoms with E-state index in [0.29, 0.717) is 17.9 Å². The fourth-order valence-corrected chi connectivity index (χ4v) is 2.68. The SMILES string of the molecule is COCCOC(=O)c1nnc2c(-c3ccc(OC)cc3)c(C)nn2c1C. The molecule has 0 bridgehead atoms. The molecule has 26 heavy (non-hydrogen) atoms. The number of aryl methyl sites for hydroxylation is 2. The third kappa shape index (κ3) is 3.23. The number of aromatic nitrogens is 4. The van der Waals surface area contributed by atoms with Crippen LogP contribution in [0.15, 0.2) is 24.3 Å². The molecule has 2 heterocycles. The molecule has 0 spiro atoms. The maximum Gasteiger partial charge on any atom is 0.360 e. The molecule has 0 amide bonds. The fraction of sp³-hybridized carbons (Fsp3) is 0.333. The van der Waals surface area contributed by atoms with E-state index in [1.54, 1.807) is 18.5 Å². The molecule has 0 aliphatic heterocycles. The van der Waals surface area contributed by atoms with Crippen molar-refractivity contribution in [3.8, 4) is 16.9 Å². The lowest BCUT2D eigenvalue weighted by molar-refractivity contribution is 0.0378. The lowest BCUT2D eigenvalue weighted by Crippen LogP contribution is -2.16. The highest BCUT2D eigenvalue weighted by molar-refractivity contribution is 5.89. The van der Waals surface area contributed by atoms with Gasteiger partial charge in [-0.05, 0) is 31.5 Å². The Balaban J connectivity index is 2.01. The average Bonchev–Trinajstić information content (AvgIpc) is 2.99. The Bertz CT molecular complexity index is 935. The zero-order chi connectivity index (χ0) is 18.7. The molecule has 2 aromatic heterocycles. The van der Waals surface area contributed by atoms with Crippen LogP contribution < -0.4 is 4.74 Å². The average molecular weight is 356 g/mol. The van der Waals surface area contributed by atoms with Crippen LogP contribution in [0.25, 0.3) is 16.8 Å². The van der Waals surface area contributed by atoms with Gasteiger partial charge in [0, 0.05) is 7.11 Å². The van der Waals surface area contributed by atoms with Crippen LogP contribution in [-0.2, 0) is 9.47 Å². The Morgan fingerprint density at radius 1 is 1.08 bits per heavy atom. The zero-order valence-corrected chi connectivity index (χ0v) is 15.1. The van der Waals surface area contributed by atoms with E-state index in [0.717, 1.165) is 22.6 Å². The van der Waals surface area contributed by atoms with Crippen molar-refractivity contribution in [3.63, 3.8) is 0 Å². The van der Waals surface area contributed by atoms with Gasteiger partial charge < -0.3 is 14.2 Å². The largest absolute Gasteiger partial charge is 0.497 e. The van der Waals surface area contributed by atoms with Crippen molar-refractivity contribution in [2.45, 2.75) is 13.8 Å². The molecule has 0 fully saturated rings. The van der Waals surface area contributed by atoms with Crippen molar-refractivity contribution in [1.82, 2.24) is 19.8 Å². The van der Waals surface area contributed by atoms with Crippen molar-refractivity contribution < 1.29 is 19.0 Å². The van der Waals surface area contributed by atoms with Gasteiger partial charge in [0.1, 0.15) is 12.4 Å². The molecule has 0 saturated carbocycles. The van der Waals surface area contributed by atoms with E-state index in [4.69, 9.17) is 14.2 Å². The van der Waals surface area contributed by atoms with Crippen LogP contribution in [0.3, 0.4) is 0 Å². The first-order valence-electron chi connectivity index (χ1n) is 8.10. The molecule has 0 aliphatic carbocycles. The second kappa shape index (κ2) is 7.49. The van der Waals surface area contributed by atoms with E-state index in [-0.39, 0.29) is 12.3 Å². The quantitative estimate of drug-likeness (QED) is 0.494.